The first-order chi connectivity index (χ1) is 6.22. The molecule has 0 N–H and O–H groups in total. The Hall–Kier alpha value is -0.280. The van der Waals surface area contributed by atoms with Gasteiger partial charge in [0, 0.05) is 6.54 Å². The van der Waals surface area contributed by atoms with Gasteiger partial charge in [-0.15, -0.1) is 11.6 Å². The van der Waals surface area contributed by atoms with Crippen LogP contribution in [0.4, 0.5) is 0 Å². The molecule has 0 aromatic heterocycles. The highest BCUT2D eigenvalue weighted by molar-refractivity contribution is 6.30. The second kappa shape index (κ2) is 3.46. The number of carbonyl (C=O) groups is 1. The molecule has 3 atom stereocenters. The van der Waals surface area contributed by atoms with Crippen LogP contribution < -0.4 is 0 Å². The predicted octanol–water partition coefficient (Wildman–Crippen LogP) is 1.00. The van der Waals surface area contributed by atoms with Crippen LogP contribution in [0.1, 0.15) is 19.8 Å². The summed E-state index contributed by atoms with van der Waals surface area (Å²) in [4.78, 5) is 13.6. The minimum atomic E-state index is -0.348. The number of ether oxygens (including phenoxy) is 1. The van der Waals surface area contributed by atoms with Crippen LogP contribution in [0.3, 0.4) is 0 Å². The summed E-state index contributed by atoms with van der Waals surface area (Å²) in [6.45, 7) is 3.37. The molecule has 0 radical (unpaired) electrons. The second-order valence-electron chi connectivity index (χ2n) is 3.71. The first-order valence-electron chi connectivity index (χ1n) is 4.78. The van der Waals surface area contributed by atoms with E-state index in [1.165, 1.54) is 0 Å². The van der Waals surface area contributed by atoms with Gasteiger partial charge in [0.05, 0.1) is 18.8 Å². The molecule has 1 amide bonds. The molecule has 2 saturated heterocycles. The molecule has 0 saturated carbocycles. The number of fused-ring (bicyclic) bond motifs is 2. The zero-order chi connectivity index (χ0) is 9.42. The molecule has 0 aromatic carbocycles. The van der Waals surface area contributed by atoms with Crippen molar-refractivity contribution in [3.63, 3.8) is 0 Å². The van der Waals surface area contributed by atoms with E-state index in [0.29, 0.717) is 19.1 Å². The Labute approximate surface area is 83.0 Å². The van der Waals surface area contributed by atoms with Gasteiger partial charge >= 0.3 is 0 Å². The van der Waals surface area contributed by atoms with Crippen LogP contribution in [0.5, 0.6) is 0 Å². The summed E-state index contributed by atoms with van der Waals surface area (Å²) in [5, 5.41) is -0.348. The summed E-state index contributed by atoms with van der Waals surface area (Å²) in [5.41, 5.74) is 0. The molecular formula is C9H14ClNO2. The van der Waals surface area contributed by atoms with E-state index < -0.39 is 0 Å². The second-order valence-corrected chi connectivity index (χ2v) is 4.24. The fourth-order valence-electron chi connectivity index (χ4n) is 2.02. The topological polar surface area (TPSA) is 29.5 Å². The number of morpholine rings is 1. The summed E-state index contributed by atoms with van der Waals surface area (Å²) < 4.78 is 5.41. The molecule has 2 aliphatic heterocycles. The number of alkyl halides is 1. The van der Waals surface area contributed by atoms with E-state index in [0.717, 1.165) is 13.0 Å². The Morgan fingerprint density at radius 2 is 2.54 bits per heavy atom. The largest absolute Gasteiger partial charge is 0.374 e. The maximum absolute atomic E-state index is 11.7. The Morgan fingerprint density at radius 1 is 1.77 bits per heavy atom. The smallest absolute Gasteiger partial charge is 0.241 e. The first kappa shape index (κ1) is 9.28. The van der Waals surface area contributed by atoms with Gasteiger partial charge in [-0.1, -0.05) is 6.92 Å². The number of rotatable bonds is 2. The molecule has 3 nitrogen and oxygen atoms in total. The number of carbonyl (C=O) groups excluding carboxylic acids is 1. The van der Waals surface area contributed by atoms with Crippen LogP contribution in [0.15, 0.2) is 0 Å². The SMILES string of the molecule is CC[C@@H](Cl)C(=O)N1C[C@H]2C[C@H]1CO2. The Balaban J connectivity index is 1.98. The molecule has 0 unspecified atom stereocenters. The maximum atomic E-state index is 11.7. The fraction of sp³-hybridized carbons (Fsp3) is 0.889. The zero-order valence-corrected chi connectivity index (χ0v) is 8.46. The van der Waals surface area contributed by atoms with Crippen molar-refractivity contribution in [2.75, 3.05) is 13.2 Å². The number of nitrogens with zero attached hydrogens (tertiary/aromatic N) is 1. The van der Waals surface area contributed by atoms with Crippen molar-refractivity contribution in [3.05, 3.63) is 0 Å². The molecular weight excluding hydrogens is 190 g/mol. The summed E-state index contributed by atoms with van der Waals surface area (Å²) in [6.07, 6.45) is 1.98. The minimum Gasteiger partial charge on any atom is -0.374 e. The predicted molar refractivity (Wildman–Crippen MR) is 49.8 cm³/mol. The van der Waals surface area contributed by atoms with Crippen LogP contribution in [-0.4, -0.2) is 41.5 Å². The van der Waals surface area contributed by atoms with Crippen molar-refractivity contribution in [3.8, 4) is 0 Å². The normalized spacial score (nSPS) is 33.8. The van der Waals surface area contributed by atoms with Gasteiger partial charge in [-0.05, 0) is 12.8 Å². The van der Waals surface area contributed by atoms with Crippen LogP contribution in [0.2, 0.25) is 0 Å². The van der Waals surface area contributed by atoms with Crippen molar-refractivity contribution in [1.29, 1.82) is 0 Å². The van der Waals surface area contributed by atoms with Crippen molar-refractivity contribution in [2.45, 2.75) is 37.3 Å². The molecule has 2 fully saturated rings. The van der Waals surface area contributed by atoms with Crippen molar-refractivity contribution in [1.82, 2.24) is 4.90 Å². The Morgan fingerprint density at radius 3 is 3.00 bits per heavy atom. The lowest BCUT2D eigenvalue weighted by Crippen LogP contribution is -2.44. The standard InChI is InChI=1S/C9H14ClNO2/c1-2-8(10)9(12)11-4-7-3-6(11)5-13-7/h6-8H,2-5H2,1H3/t6-,7+,8+/m0/s1. The third kappa shape index (κ3) is 1.55. The lowest BCUT2D eigenvalue weighted by atomic mass is 10.2. The lowest BCUT2D eigenvalue weighted by molar-refractivity contribution is -0.135. The average Bonchev–Trinajstić information content (AvgIpc) is 2.76. The zero-order valence-electron chi connectivity index (χ0n) is 7.70. The van der Waals surface area contributed by atoms with E-state index in [9.17, 15) is 4.79 Å². The molecule has 74 valence electrons. The number of hydrogen-bond donors (Lipinski definition) is 0. The minimum absolute atomic E-state index is 0.0833. The molecule has 2 heterocycles. The molecule has 2 aliphatic rings. The number of halogens is 1. The van der Waals surface area contributed by atoms with Crippen molar-refractivity contribution in [2.24, 2.45) is 0 Å². The molecule has 0 aromatic rings. The van der Waals surface area contributed by atoms with Crippen LogP contribution in [0.25, 0.3) is 0 Å². The average molecular weight is 204 g/mol. The molecule has 13 heavy (non-hydrogen) atoms. The third-order valence-electron chi connectivity index (χ3n) is 2.81. The van der Waals surface area contributed by atoms with Gasteiger partial charge in [-0.3, -0.25) is 4.79 Å². The highest BCUT2D eigenvalue weighted by atomic mass is 35.5. The third-order valence-corrected chi connectivity index (χ3v) is 3.31. The number of hydrogen-bond acceptors (Lipinski definition) is 2. The molecule has 4 heteroatoms. The van der Waals surface area contributed by atoms with Gasteiger partial charge in [0.15, 0.2) is 0 Å². The summed E-state index contributed by atoms with van der Waals surface area (Å²) >= 11 is 5.90. The highest BCUT2D eigenvalue weighted by Crippen LogP contribution is 2.29. The van der Waals surface area contributed by atoms with Crippen molar-refractivity contribution >= 4 is 17.5 Å². The van der Waals surface area contributed by atoms with Gasteiger partial charge in [0.2, 0.25) is 5.91 Å². The molecule has 2 rings (SSSR count). The van der Waals surface area contributed by atoms with E-state index in [-0.39, 0.29) is 17.4 Å². The summed E-state index contributed by atoms with van der Waals surface area (Å²) in [7, 11) is 0. The number of amides is 1. The van der Waals surface area contributed by atoms with Crippen LogP contribution in [0, 0.1) is 0 Å². The van der Waals surface area contributed by atoms with Crippen molar-refractivity contribution < 1.29 is 9.53 Å². The van der Waals surface area contributed by atoms with Gasteiger partial charge in [-0.25, -0.2) is 0 Å². The first-order valence-corrected chi connectivity index (χ1v) is 5.22. The van der Waals surface area contributed by atoms with Gasteiger partial charge in [0.25, 0.3) is 0 Å². The van der Waals surface area contributed by atoms with Gasteiger partial charge in [-0.2, -0.15) is 0 Å². The number of likely N-dealkylation sites (tertiary alicyclic amines) is 1. The lowest BCUT2D eigenvalue weighted by Gasteiger charge is -2.28. The van der Waals surface area contributed by atoms with E-state index in [1.54, 1.807) is 0 Å². The molecule has 2 bridgehead atoms. The Kier molecular flexibility index (Phi) is 2.47. The van der Waals surface area contributed by atoms with E-state index in [4.69, 9.17) is 16.3 Å². The fourth-order valence-corrected chi connectivity index (χ4v) is 2.15. The van der Waals surface area contributed by atoms with E-state index >= 15 is 0 Å². The molecule has 0 spiro atoms. The van der Waals surface area contributed by atoms with Crippen LogP contribution >= 0.6 is 11.6 Å². The summed E-state index contributed by atoms with van der Waals surface area (Å²) in [6, 6.07) is 0.297. The molecule has 0 aliphatic carbocycles. The Bertz CT molecular complexity index is 222. The van der Waals surface area contributed by atoms with E-state index in [1.807, 2.05) is 11.8 Å². The highest BCUT2D eigenvalue weighted by Gasteiger charge is 2.42. The van der Waals surface area contributed by atoms with Crippen LogP contribution in [-0.2, 0) is 9.53 Å². The van der Waals surface area contributed by atoms with Gasteiger partial charge < -0.3 is 9.64 Å². The van der Waals surface area contributed by atoms with Gasteiger partial charge in [0.1, 0.15) is 5.38 Å². The summed E-state index contributed by atoms with van der Waals surface area (Å²) in [5.74, 6) is 0.0833. The maximum Gasteiger partial charge on any atom is 0.241 e. The quantitative estimate of drug-likeness (QED) is 0.627. The monoisotopic (exact) mass is 203 g/mol. The van der Waals surface area contributed by atoms with E-state index in [2.05, 4.69) is 0 Å².